The monoisotopic (exact) mass is 451 g/mol. The number of hydrogen-bond acceptors (Lipinski definition) is 5. The van der Waals surface area contributed by atoms with E-state index in [0.29, 0.717) is 11.4 Å². The van der Waals surface area contributed by atoms with Gasteiger partial charge in [-0.05, 0) is 74.3 Å². The van der Waals surface area contributed by atoms with Crippen molar-refractivity contribution < 1.29 is 18.8 Å². The molecule has 0 radical (unpaired) electrons. The van der Waals surface area contributed by atoms with Gasteiger partial charge in [-0.3, -0.25) is 0 Å². The maximum Gasteiger partial charge on any atom is 0.415 e. The molecular formula is C26H30FN3O3. The van der Waals surface area contributed by atoms with E-state index in [-0.39, 0.29) is 36.0 Å². The number of oxime groups is 1. The van der Waals surface area contributed by atoms with Gasteiger partial charge in [0.15, 0.2) is 0 Å². The van der Waals surface area contributed by atoms with Crippen LogP contribution < -0.4 is 10.5 Å². The molecule has 5 rings (SSSR count). The van der Waals surface area contributed by atoms with E-state index in [0.717, 1.165) is 62.6 Å². The second-order valence-corrected chi connectivity index (χ2v) is 9.38. The van der Waals surface area contributed by atoms with Gasteiger partial charge in [0.25, 0.3) is 0 Å². The molecule has 33 heavy (non-hydrogen) atoms. The molecule has 2 atom stereocenters. The Morgan fingerprint density at radius 1 is 1.00 bits per heavy atom. The minimum Gasteiger partial charge on any atom is -0.410 e. The van der Waals surface area contributed by atoms with Crippen molar-refractivity contribution in [1.29, 1.82) is 0 Å². The second kappa shape index (κ2) is 9.41. The molecule has 3 aliphatic rings. The first kappa shape index (κ1) is 21.7. The van der Waals surface area contributed by atoms with Crippen LogP contribution in [0.3, 0.4) is 0 Å². The number of nitrogens with zero attached hydrogens (tertiary/aromatic N) is 2. The van der Waals surface area contributed by atoms with Crippen LogP contribution in [0.4, 0.5) is 14.9 Å². The standard InChI is InChI=1S/C26H30FN3O3/c27-25-14-18(28)8-13-24(25)17-6-9-19(10-7-17)29-33-23-15-20-11-12-21(16-23)30(20)26(31)32-22-4-2-1-3-5-22/h1-5,8,13-14,17,20-21,23H,6-7,9-12,15-16,28H2. The van der Waals surface area contributed by atoms with E-state index < -0.39 is 0 Å². The fraction of sp³-hybridized carbons (Fsp3) is 0.462. The Balaban J connectivity index is 1.13. The van der Waals surface area contributed by atoms with Gasteiger partial charge in [0.1, 0.15) is 17.7 Å². The van der Waals surface area contributed by atoms with Gasteiger partial charge in [-0.2, -0.15) is 0 Å². The average molecular weight is 452 g/mol. The third kappa shape index (κ3) is 4.82. The van der Waals surface area contributed by atoms with Gasteiger partial charge in [-0.1, -0.05) is 29.4 Å². The molecule has 2 aromatic rings. The van der Waals surface area contributed by atoms with Crippen molar-refractivity contribution in [3.63, 3.8) is 0 Å². The Morgan fingerprint density at radius 2 is 1.70 bits per heavy atom. The van der Waals surface area contributed by atoms with E-state index in [1.165, 1.54) is 6.07 Å². The number of rotatable bonds is 4. The molecule has 6 nitrogen and oxygen atoms in total. The van der Waals surface area contributed by atoms with Crippen molar-refractivity contribution in [1.82, 2.24) is 4.90 Å². The van der Waals surface area contributed by atoms with Gasteiger partial charge >= 0.3 is 6.09 Å². The molecule has 2 N–H and O–H groups in total. The summed E-state index contributed by atoms with van der Waals surface area (Å²) in [6, 6.07) is 14.4. The highest BCUT2D eigenvalue weighted by atomic mass is 19.1. The van der Waals surface area contributed by atoms with Crippen LogP contribution in [0, 0.1) is 5.82 Å². The predicted molar refractivity (Wildman–Crippen MR) is 125 cm³/mol. The summed E-state index contributed by atoms with van der Waals surface area (Å²) in [6.45, 7) is 0. The van der Waals surface area contributed by atoms with Crippen LogP contribution in [0.1, 0.15) is 62.8 Å². The molecule has 7 heteroatoms. The Bertz CT molecular complexity index is 1000. The lowest BCUT2D eigenvalue weighted by Gasteiger charge is -2.37. The van der Waals surface area contributed by atoms with E-state index in [2.05, 4.69) is 5.16 Å². The largest absolute Gasteiger partial charge is 0.415 e. The summed E-state index contributed by atoms with van der Waals surface area (Å²) < 4.78 is 19.8. The first-order valence-electron chi connectivity index (χ1n) is 11.9. The van der Waals surface area contributed by atoms with Crippen molar-refractivity contribution in [2.45, 2.75) is 75.5 Å². The van der Waals surface area contributed by atoms with Gasteiger partial charge < -0.3 is 20.2 Å². The van der Waals surface area contributed by atoms with Gasteiger partial charge in [0.05, 0.1) is 5.71 Å². The molecule has 2 heterocycles. The Morgan fingerprint density at radius 3 is 2.36 bits per heavy atom. The van der Waals surface area contributed by atoms with Crippen LogP contribution in [-0.4, -0.2) is 34.9 Å². The highest BCUT2D eigenvalue weighted by Crippen LogP contribution is 2.38. The van der Waals surface area contributed by atoms with E-state index in [1.54, 1.807) is 24.3 Å². The SMILES string of the molecule is Nc1ccc(C2CCC(=NOC3CC4CCC(C3)N4C(=O)Oc3ccccc3)CC2)c(F)c1. The molecule has 2 aliphatic heterocycles. The highest BCUT2D eigenvalue weighted by Gasteiger charge is 2.45. The normalized spacial score (nSPS) is 26.7. The van der Waals surface area contributed by atoms with Crippen LogP contribution in [0.15, 0.2) is 53.7 Å². The number of carbonyl (C=O) groups is 1. The number of amides is 1. The highest BCUT2D eigenvalue weighted by molar-refractivity contribution is 5.84. The van der Waals surface area contributed by atoms with Crippen molar-refractivity contribution in [2.75, 3.05) is 5.73 Å². The molecule has 1 amide bonds. The number of ether oxygens (including phenoxy) is 1. The smallest absolute Gasteiger partial charge is 0.410 e. The van der Waals surface area contributed by atoms with E-state index in [1.807, 2.05) is 23.1 Å². The van der Waals surface area contributed by atoms with Gasteiger partial charge in [-0.25, -0.2) is 9.18 Å². The minimum absolute atomic E-state index is 0.0167. The van der Waals surface area contributed by atoms with E-state index >= 15 is 0 Å². The number of nitrogens with two attached hydrogens (primary N) is 1. The molecule has 1 saturated carbocycles. The quantitative estimate of drug-likeness (QED) is 0.483. The molecule has 2 bridgehead atoms. The number of para-hydroxylation sites is 1. The molecule has 0 spiro atoms. The van der Waals surface area contributed by atoms with Crippen LogP contribution in [0.2, 0.25) is 0 Å². The number of benzene rings is 2. The summed E-state index contributed by atoms with van der Waals surface area (Å²) >= 11 is 0. The number of piperidine rings is 1. The lowest BCUT2D eigenvalue weighted by Crippen LogP contribution is -2.49. The number of carbonyl (C=O) groups excluding carboxylic acids is 1. The molecule has 0 aromatic heterocycles. The zero-order valence-electron chi connectivity index (χ0n) is 18.7. The van der Waals surface area contributed by atoms with Crippen LogP contribution in [-0.2, 0) is 4.84 Å². The molecule has 2 aromatic carbocycles. The lowest BCUT2D eigenvalue weighted by atomic mass is 9.83. The van der Waals surface area contributed by atoms with Crippen LogP contribution in [0.25, 0.3) is 0 Å². The fourth-order valence-corrected chi connectivity index (χ4v) is 5.53. The Hall–Kier alpha value is -3.09. The number of hydrogen-bond donors (Lipinski definition) is 1. The van der Waals surface area contributed by atoms with Gasteiger partial charge in [0, 0.05) is 30.6 Å². The zero-order chi connectivity index (χ0) is 22.8. The van der Waals surface area contributed by atoms with E-state index in [9.17, 15) is 9.18 Å². The van der Waals surface area contributed by atoms with E-state index in [4.69, 9.17) is 15.3 Å². The first-order chi connectivity index (χ1) is 16.1. The van der Waals surface area contributed by atoms with Crippen molar-refractivity contribution >= 4 is 17.5 Å². The third-order valence-electron chi connectivity index (χ3n) is 7.21. The predicted octanol–water partition coefficient (Wildman–Crippen LogP) is 5.63. The Kier molecular flexibility index (Phi) is 6.20. The zero-order valence-corrected chi connectivity index (χ0v) is 18.7. The van der Waals surface area contributed by atoms with Crippen LogP contribution >= 0.6 is 0 Å². The molecule has 2 saturated heterocycles. The average Bonchev–Trinajstić information content (AvgIpc) is 3.09. The van der Waals surface area contributed by atoms with Gasteiger partial charge in [0.2, 0.25) is 0 Å². The second-order valence-electron chi connectivity index (χ2n) is 9.38. The molecule has 3 fully saturated rings. The summed E-state index contributed by atoms with van der Waals surface area (Å²) in [4.78, 5) is 20.6. The minimum atomic E-state index is -0.272. The van der Waals surface area contributed by atoms with Crippen molar-refractivity contribution in [3.8, 4) is 5.75 Å². The number of nitrogen functional groups attached to an aromatic ring is 1. The lowest BCUT2D eigenvalue weighted by molar-refractivity contribution is -0.0114. The molecule has 174 valence electrons. The first-order valence-corrected chi connectivity index (χ1v) is 11.9. The molecular weight excluding hydrogens is 421 g/mol. The number of fused-ring (bicyclic) bond motifs is 2. The topological polar surface area (TPSA) is 77.2 Å². The number of halogens is 1. The third-order valence-corrected chi connectivity index (χ3v) is 7.21. The summed E-state index contributed by atoms with van der Waals surface area (Å²) in [5.74, 6) is 0.546. The van der Waals surface area contributed by atoms with Gasteiger partial charge in [-0.15, -0.1) is 0 Å². The maximum atomic E-state index is 14.2. The van der Waals surface area contributed by atoms with Crippen LogP contribution in [0.5, 0.6) is 5.75 Å². The summed E-state index contributed by atoms with van der Waals surface area (Å²) in [7, 11) is 0. The summed E-state index contributed by atoms with van der Waals surface area (Å²) in [5.41, 5.74) is 7.91. The maximum absolute atomic E-state index is 14.2. The molecule has 1 aliphatic carbocycles. The van der Waals surface area contributed by atoms with Crippen molar-refractivity contribution in [3.05, 3.63) is 59.9 Å². The summed E-state index contributed by atoms with van der Waals surface area (Å²) in [6.07, 6.45) is 6.57. The number of anilines is 1. The summed E-state index contributed by atoms with van der Waals surface area (Å²) in [5, 5.41) is 4.47. The fourth-order valence-electron chi connectivity index (χ4n) is 5.53. The molecule has 2 unspecified atom stereocenters. The van der Waals surface area contributed by atoms with Crippen molar-refractivity contribution in [2.24, 2.45) is 5.16 Å². The Labute approximate surface area is 193 Å².